The van der Waals surface area contributed by atoms with E-state index in [9.17, 15) is 13.5 Å². The third-order valence-electron chi connectivity index (χ3n) is 3.26. The maximum absolute atomic E-state index is 11.2. The predicted octanol–water partition coefficient (Wildman–Crippen LogP) is 0.674. The van der Waals surface area contributed by atoms with E-state index in [1.807, 2.05) is 6.07 Å². The molecule has 0 aromatic heterocycles. The Morgan fingerprint density at radius 3 is 2.45 bits per heavy atom. The van der Waals surface area contributed by atoms with Crippen LogP contribution in [-0.2, 0) is 16.4 Å². The molecule has 0 aliphatic carbocycles. The Kier molecular flexibility index (Phi) is 5.79. The standard InChI is InChI=1S/C13H21NO5S/c1-9(20(14,16)17)12(15)7-5-10-4-6-11(18-2)8-13(10)19-3/h4,6,8-9,12,15H,5,7H2,1-3H3,(H2,14,16,17). The second kappa shape index (κ2) is 6.92. The van der Waals surface area contributed by atoms with E-state index in [1.165, 1.54) is 6.92 Å². The molecule has 0 bridgehead atoms. The molecule has 2 atom stereocenters. The molecule has 1 aromatic rings. The van der Waals surface area contributed by atoms with Gasteiger partial charge < -0.3 is 14.6 Å². The Labute approximate surface area is 119 Å². The second-order valence-electron chi connectivity index (χ2n) is 4.58. The zero-order valence-electron chi connectivity index (χ0n) is 11.9. The van der Waals surface area contributed by atoms with Crippen LogP contribution in [0.25, 0.3) is 0 Å². The van der Waals surface area contributed by atoms with E-state index >= 15 is 0 Å². The molecule has 7 heteroatoms. The highest BCUT2D eigenvalue weighted by Crippen LogP contribution is 2.26. The molecule has 0 fully saturated rings. The second-order valence-corrected chi connectivity index (χ2v) is 6.50. The topological polar surface area (TPSA) is 98.9 Å². The molecule has 2 unspecified atom stereocenters. The van der Waals surface area contributed by atoms with Crippen LogP contribution in [0.1, 0.15) is 18.9 Å². The molecule has 1 aromatic carbocycles. The number of benzene rings is 1. The Morgan fingerprint density at radius 2 is 1.95 bits per heavy atom. The molecular weight excluding hydrogens is 282 g/mol. The van der Waals surface area contributed by atoms with Crippen molar-refractivity contribution in [2.75, 3.05) is 14.2 Å². The summed E-state index contributed by atoms with van der Waals surface area (Å²) < 4.78 is 32.7. The molecule has 0 aliphatic rings. The van der Waals surface area contributed by atoms with Crippen molar-refractivity contribution in [3.8, 4) is 11.5 Å². The largest absolute Gasteiger partial charge is 0.497 e. The lowest BCUT2D eigenvalue weighted by Gasteiger charge is -2.17. The van der Waals surface area contributed by atoms with Crippen molar-refractivity contribution >= 4 is 10.0 Å². The Hall–Kier alpha value is -1.31. The summed E-state index contributed by atoms with van der Waals surface area (Å²) in [5.74, 6) is 1.31. The van der Waals surface area contributed by atoms with E-state index in [4.69, 9.17) is 14.6 Å². The number of rotatable bonds is 7. The van der Waals surface area contributed by atoms with Crippen molar-refractivity contribution in [2.45, 2.75) is 31.1 Å². The van der Waals surface area contributed by atoms with E-state index < -0.39 is 21.4 Å². The highest BCUT2D eigenvalue weighted by atomic mass is 32.2. The van der Waals surface area contributed by atoms with Gasteiger partial charge in [-0.2, -0.15) is 0 Å². The van der Waals surface area contributed by atoms with Crippen molar-refractivity contribution < 1.29 is 23.0 Å². The summed E-state index contributed by atoms with van der Waals surface area (Å²) in [6.07, 6.45) is -0.258. The highest BCUT2D eigenvalue weighted by molar-refractivity contribution is 7.89. The molecule has 0 saturated carbocycles. The molecule has 0 aliphatic heterocycles. The summed E-state index contributed by atoms with van der Waals surface area (Å²) in [6.45, 7) is 1.39. The number of nitrogens with two attached hydrogens (primary N) is 1. The van der Waals surface area contributed by atoms with E-state index in [2.05, 4.69) is 0 Å². The van der Waals surface area contributed by atoms with Gasteiger partial charge in [0.1, 0.15) is 11.5 Å². The number of aryl methyl sites for hydroxylation is 1. The molecular formula is C13H21NO5S. The first kappa shape index (κ1) is 16.7. The smallest absolute Gasteiger partial charge is 0.214 e. The van der Waals surface area contributed by atoms with Crippen molar-refractivity contribution in [2.24, 2.45) is 5.14 Å². The SMILES string of the molecule is COc1ccc(CCC(O)C(C)S(N)(=O)=O)c(OC)c1. The van der Waals surface area contributed by atoms with Gasteiger partial charge in [0.15, 0.2) is 0 Å². The lowest BCUT2D eigenvalue weighted by Crippen LogP contribution is -2.36. The summed E-state index contributed by atoms with van der Waals surface area (Å²) in [7, 11) is -0.629. The third-order valence-corrected chi connectivity index (χ3v) is 4.61. The van der Waals surface area contributed by atoms with Gasteiger partial charge in [-0.05, 0) is 31.4 Å². The van der Waals surface area contributed by atoms with Gasteiger partial charge in [-0.1, -0.05) is 6.07 Å². The average molecular weight is 303 g/mol. The zero-order chi connectivity index (χ0) is 15.3. The highest BCUT2D eigenvalue weighted by Gasteiger charge is 2.24. The summed E-state index contributed by atoms with van der Waals surface area (Å²) in [4.78, 5) is 0. The number of methoxy groups -OCH3 is 2. The first-order valence-electron chi connectivity index (χ1n) is 6.20. The number of sulfonamides is 1. The van der Waals surface area contributed by atoms with Crippen molar-refractivity contribution in [1.82, 2.24) is 0 Å². The lowest BCUT2D eigenvalue weighted by molar-refractivity contribution is 0.162. The van der Waals surface area contributed by atoms with E-state index in [-0.39, 0.29) is 6.42 Å². The van der Waals surface area contributed by atoms with Crippen LogP contribution >= 0.6 is 0 Å². The number of hydrogen-bond acceptors (Lipinski definition) is 5. The summed E-state index contributed by atoms with van der Waals surface area (Å²) >= 11 is 0. The fourth-order valence-corrected chi connectivity index (χ4v) is 2.39. The molecule has 0 radical (unpaired) electrons. The normalized spacial score (nSPS) is 14.7. The molecule has 6 nitrogen and oxygen atoms in total. The predicted molar refractivity (Wildman–Crippen MR) is 76.4 cm³/mol. The van der Waals surface area contributed by atoms with Gasteiger partial charge in [0.25, 0.3) is 0 Å². The minimum atomic E-state index is -3.73. The summed E-state index contributed by atoms with van der Waals surface area (Å²) in [5, 5.41) is 13.9. The number of hydrogen-bond donors (Lipinski definition) is 2. The number of aliphatic hydroxyl groups is 1. The first-order valence-corrected chi connectivity index (χ1v) is 7.81. The Balaban J connectivity index is 2.75. The Bertz CT molecular complexity index is 544. The molecule has 0 spiro atoms. The van der Waals surface area contributed by atoms with Gasteiger partial charge in [0, 0.05) is 6.07 Å². The molecule has 20 heavy (non-hydrogen) atoms. The van der Waals surface area contributed by atoms with Crippen molar-refractivity contribution in [3.05, 3.63) is 23.8 Å². The van der Waals surface area contributed by atoms with Gasteiger partial charge in [0.2, 0.25) is 10.0 Å². The summed E-state index contributed by atoms with van der Waals surface area (Å²) in [6, 6.07) is 5.35. The van der Waals surface area contributed by atoms with Crippen molar-refractivity contribution in [1.29, 1.82) is 0 Å². The van der Waals surface area contributed by atoms with Crippen LogP contribution in [0.5, 0.6) is 11.5 Å². The quantitative estimate of drug-likeness (QED) is 0.771. The van der Waals surface area contributed by atoms with Gasteiger partial charge >= 0.3 is 0 Å². The van der Waals surface area contributed by atoms with E-state index in [0.29, 0.717) is 17.9 Å². The minimum absolute atomic E-state index is 0.278. The number of primary sulfonamides is 1. The van der Waals surface area contributed by atoms with Crippen LogP contribution in [0.3, 0.4) is 0 Å². The fourth-order valence-electron chi connectivity index (χ4n) is 1.82. The first-order chi connectivity index (χ1) is 9.29. The van der Waals surface area contributed by atoms with Gasteiger partial charge in [-0.3, -0.25) is 0 Å². The average Bonchev–Trinajstić information content (AvgIpc) is 2.42. The number of ether oxygens (including phenoxy) is 2. The third kappa shape index (κ3) is 4.36. The molecule has 0 saturated heterocycles. The van der Waals surface area contributed by atoms with Crippen LogP contribution in [0, 0.1) is 0 Å². The van der Waals surface area contributed by atoms with Crippen LogP contribution in [0.2, 0.25) is 0 Å². The fraction of sp³-hybridized carbons (Fsp3) is 0.538. The van der Waals surface area contributed by atoms with Gasteiger partial charge in [-0.15, -0.1) is 0 Å². The van der Waals surface area contributed by atoms with Crippen LogP contribution in [-0.4, -0.2) is 39.1 Å². The molecule has 114 valence electrons. The summed E-state index contributed by atoms with van der Waals surface area (Å²) in [5.41, 5.74) is 0.869. The number of aliphatic hydroxyl groups excluding tert-OH is 1. The molecule has 0 amide bonds. The van der Waals surface area contributed by atoms with Crippen LogP contribution in [0.4, 0.5) is 0 Å². The maximum atomic E-state index is 11.2. The Morgan fingerprint density at radius 1 is 1.30 bits per heavy atom. The van der Waals surface area contributed by atoms with Gasteiger partial charge in [0.05, 0.1) is 25.6 Å². The maximum Gasteiger partial charge on any atom is 0.214 e. The zero-order valence-corrected chi connectivity index (χ0v) is 12.7. The van der Waals surface area contributed by atoms with E-state index in [0.717, 1.165) is 5.56 Å². The van der Waals surface area contributed by atoms with E-state index in [1.54, 1.807) is 26.4 Å². The van der Waals surface area contributed by atoms with Crippen LogP contribution < -0.4 is 14.6 Å². The molecule has 3 N–H and O–H groups in total. The molecule has 0 heterocycles. The van der Waals surface area contributed by atoms with Gasteiger partial charge in [-0.25, -0.2) is 13.6 Å². The van der Waals surface area contributed by atoms with Crippen LogP contribution in [0.15, 0.2) is 18.2 Å². The molecule has 1 rings (SSSR count). The lowest BCUT2D eigenvalue weighted by atomic mass is 10.0. The van der Waals surface area contributed by atoms with Crippen molar-refractivity contribution in [3.63, 3.8) is 0 Å². The minimum Gasteiger partial charge on any atom is -0.497 e. The monoisotopic (exact) mass is 303 g/mol.